The summed E-state index contributed by atoms with van der Waals surface area (Å²) in [5.74, 6) is 1.13. The first-order valence-electron chi connectivity index (χ1n) is 4.68. The Morgan fingerprint density at radius 3 is 2.60 bits per heavy atom. The smallest absolute Gasteiger partial charge is 0.00676 e. The fourth-order valence-electron chi connectivity index (χ4n) is 1.85. The van der Waals surface area contributed by atoms with Crippen LogP contribution in [-0.2, 0) is 0 Å². The molecule has 0 amide bonds. The fraction of sp³-hybridized carbons (Fsp3) is 1.00. The first-order valence-corrected chi connectivity index (χ1v) is 4.68. The van der Waals surface area contributed by atoms with Crippen LogP contribution < -0.4 is 5.32 Å². The molecule has 58 valence electrons. The summed E-state index contributed by atoms with van der Waals surface area (Å²) in [5.41, 5.74) is 0. The van der Waals surface area contributed by atoms with Crippen molar-refractivity contribution in [2.24, 2.45) is 5.92 Å². The van der Waals surface area contributed by atoms with Gasteiger partial charge >= 0.3 is 0 Å². The third-order valence-corrected chi connectivity index (χ3v) is 2.78. The van der Waals surface area contributed by atoms with Crippen LogP contribution in [0.25, 0.3) is 0 Å². The van der Waals surface area contributed by atoms with Crippen molar-refractivity contribution in [2.75, 3.05) is 6.54 Å². The minimum absolute atomic E-state index is 0.889. The Hall–Kier alpha value is -0.0400. The molecule has 2 rings (SSSR count). The quantitative estimate of drug-likeness (QED) is 0.630. The maximum atomic E-state index is 3.54. The van der Waals surface area contributed by atoms with Gasteiger partial charge in [0.1, 0.15) is 0 Å². The van der Waals surface area contributed by atoms with Gasteiger partial charge in [-0.1, -0.05) is 12.8 Å². The maximum Gasteiger partial charge on any atom is 0.00676 e. The van der Waals surface area contributed by atoms with Gasteiger partial charge in [0.05, 0.1) is 0 Å². The lowest BCUT2D eigenvalue weighted by Crippen LogP contribution is -2.20. The van der Waals surface area contributed by atoms with E-state index in [0.29, 0.717) is 0 Å². The molecule has 1 aliphatic carbocycles. The second-order valence-electron chi connectivity index (χ2n) is 3.81. The SMILES string of the molecule is C1CNC(CCC2CC2)C1. The Morgan fingerprint density at radius 1 is 1.10 bits per heavy atom. The molecule has 0 spiro atoms. The van der Waals surface area contributed by atoms with Crippen LogP contribution in [0.5, 0.6) is 0 Å². The molecule has 1 saturated carbocycles. The van der Waals surface area contributed by atoms with Crippen molar-refractivity contribution in [3.05, 3.63) is 0 Å². The average molecular weight is 139 g/mol. The Kier molecular flexibility index (Phi) is 1.94. The number of hydrogen-bond donors (Lipinski definition) is 1. The molecule has 1 heterocycles. The fourth-order valence-corrected chi connectivity index (χ4v) is 1.85. The van der Waals surface area contributed by atoms with Crippen LogP contribution in [0, 0.1) is 5.92 Å². The van der Waals surface area contributed by atoms with Gasteiger partial charge in [-0.25, -0.2) is 0 Å². The molecule has 1 heteroatoms. The van der Waals surface area contributed by atoms with Crippen molar-refractivity contribution in [3.8, 4) is 0 Å². The highest BCUT2D eigenvalue weighted by atomic mass is 14.9. The maximum absolute atomic E-state index is 3.54. The lowest BCUT2D eigenvalue weighted by Gasteiger charge is -2.07. The summed E-state index contributed by atoms with van der Waals surface area (Å²) in [6, 6.07) is 0.889. The Balaban J connectivity index is 1.59. The van der Waals surface area contributed by atoms with Gasteiger partial charge in [-0.15, -0.1) is 0 Å². The van der Waals surface area contributed by atoms with Gasteiger partial charge in [0.25, 0.3) is 0 Å². The van der Waals surface area contributed by atoms with Crippen molar-refractivity contribution in [1.29, 1.82) is 0 Å². The minimum atomic E-state index is 0.889. The monoisotopic (exact) mass is 139 g/mol. The van der Waals surface area contributed by atoms with E-state index in [2.05, 4.69) is 5.32 Å². The zero-order valence-electron chi connectivity index (χ0n) is 6.60. The Bertz CT molecular complexity index is 101. The first-order chi connectivity index (χ1) is 4.95. The van der Waals surface area contributed by atoms with Crippen molar-refractivity contribution >= 4 is 0 Å². The molecule has 2 aliphatic rings. The van der Waals surface area contributed by atoms with Crippen molar-refractivity contribution < 1.29 is 0 Å². The summed E-state index contributed by atoms with van der Waals surface area (Å²) in [4.78, 5) is 0. The predicted molar refractivity (Wildman–Crippen MR) is 43.0 cm³/mol. The van der Waals surface area contributed by atoms with Crippen LogP contribution in [0.1, 0.15) is 38.5 Å². The van der Waals surface area contributed by atoms with E-state index in [9.17, 15) is 0 Å². The third-order valence-electron chi connectivity index (χ3n) is 2.78. The molecular formula is C9H17N. The van der Waals surface area contributed by atoms with Crippen LogP contribution in [-0.4, -0.2) is 12.6 Å². The second kappa shape index (κ2) is 2.91. The van der Waals surface area contributed by atoms with Gasteiger partial charge in [-0.05, 0) is 38.1 Å². The summed E-state index contributed by atoms with van der Waals surface area (Å²) in [6.45, 7) is 1.27. The molecule has 0 aromatic heterocycles. The van der Waals surface area contributed by atoms with E-state index in [1.165, 1.54) is 45.1 Å². The van der Waals surface area contributed by atoms with Crippen molar-refractivity contribution in [3.63, 3.8) is 0 Å². The number of rotatable bonds is 3. The lowest BCUT2D eigenvalue weighted by molar-refractivity contribution is 0.514. The first kappa shape index (κ1) is 6.66. The molecule has 1 N–H and O–H groups in total. The van der Waals surface area contributed by atoms with E-state index in [4.69, 9.17) is 0 Å². The average Bonchev–Trinajstić information content (AvgIpc) is 2.63. The Morgan fingerprint density at radius 2 is 2.00 bits per heavy atom. The van der Waals surface area contributed by atoms with Gasteiger partial charge < -0.3 is 5.32 Å². The lowest BCUT2D eigenvalue weighted by atomic mass is 10.1. The summed E-state index contributed by atoms with van der Waals surface area (Å²) in [6.07, 6.45) is 8.84. The molecule has 1 atom stereocenters. The molecule has 1 nitrogen and oxygen atoms in total. The molecule has 0 radical (unpaired) electrons. The van der Waals surface area contributed by atoms with Crippen LogP contribution in [0.15, 0.2) is 0 Å². The van der Waals surface area contributed by atoms with E-state index in [1.807, 2.05) is 0 Å². The van der Waals surface area contributed by atoms with Crippen LogP contribution in [0.2, 0.25) is 0 Å². The standard InChI is InChI=1S/C9H17N/c1-2-9(10-7-1)6-5-8-3-4-8/h8-10H,1-7H2. The van der Waals surface area contributed by atoms with Gasteiger partial charge in [-0.2, -0.15) is 0 Å². The molecule has 10 heavy (non-hydrogen) atoms. The van der Waals surface area contributed by atoms with Crippen LogP contribution >= 0.6 is 0 Å². The van der Waals surface area contributed by atoms with E-state index >= 15 is 0 Å². The summed E-state index contributed by atoms with van der Waals surface area (Å²) >= 11 is 0. The van der Waals surface area contributed by atoms with Gasteiger partial charge in [-0.3, -0.25) is 0 Å². The van der Waals surface area contributed by atoms with Crippen molar-refractivity contribution in [1.82, 2.24) is 5.32 Å². The summed E-state index contributed by atoms with van der Waals surface area (Å²) in [7, 11) is 0. The summed E-state index contributed by atoms with van der Waals surface area (Å²) < 4.78 is 0. The van der Waals surface area contributed by atoms with Crippen LogP contribution in [0.3, 0.4) is 0 Å². The number of nitrogens with one attached hydrogen (secondary N) is 1. The van der Waals surface area contributed by atoms with E-state index in [0.717, 1.165) is 12.0 Å². The van der Waals surface area contributed by atoms with Gasteiger partial charge in [0.15, 0.2) is 0 Å². The topological polar surface area (TPSA) is 12.0 Å². The van der Waals surface area contributed by atoms with Crippen molar-refractivity contribution in [2.45, 2.75) is 44.6 Å². The van der Waals surface area contributed by atoms with Gasteiger partial charge in [0.2, 0.25) is 0 Å². The normalized spacial score (nSPS) is 33.0. The molecular weight excluding hydrogens is 122 g/mol. The third kappa shape index (κ3) is 1.72. The molecule has 0 aromatic rings. The van der Waals surface area contributed by atoms with E-state index < -0.39 is 0 Å². The molecule has 1 unspecified atom stereocenters. The minimum Gasteiger partial charge on any atom is -0.314 e. The predicted octanol–water partition coefficient (Wildman–Crippen LogP) is 1.93. The molecule has 1 aliphatic heterocycles. The van der Waals surface area contributed by atoms with Crippen LogP contribution in [0.4, 0.5) is 0 Å². The second-order valence-corrected chi connectivity index (χ2v) is 3.81. The highest BCUT2D eigenvalue weighted by Gasteiger charge is 2.23. The largest absolute Gasteiger partial charge is 0.314 e. The number of hydrogen-bond acceptors (Lipinski definition) is 1. The molecule has 2 fully saturated rings. The summed E-state index contributed by atoms with van der Waals surface area (Å²) in [5, 5.41) is 3.54. The van der Waals surface area contributed by atoms with E-state index in [1.54, 1.807) is 0 Å². The zero-order chi connectivity index (χ0) is 6.81. The molecule has 1 saturated heterocycles. The molecule has 0 bridgehead atoms. The van der Waals surface area contributed by atoms with Gasteiger partial charge in [0, 0.05) is 6.04 Å². The Labute approximate surface area is 63.2 Å². The zero-order valence-corrected chi connectivity index (χ0v) is 6.60. The molecule has 0 aromatic carbocycles. The highest BCUT2D eigenvalue weighted by Crippen LogP contribution is 2.34. The highest BCUT2D eigenvalue weighted by molar-refractivity contribution is 4.79. The van der Waals surface area contributed by atoms with E-state index in [-0.39, 0.29) is 0 Å².